The number of nitrogens with one attached hydrogen (secondary N) is 2. The van der Waals surface area contributed by atoms with Crippen LogP contribution in [-0.2, 0) is 13.9 Å². The Morgan fingerprint density at radius 1 is 0.725 bits per heavy atom. The summed E-state index contributed by atoms with van der Waals surface area (Å²) in [6.45, 7) is 35.5. The second kappa shape index (κ2) is 23.8. The van der Waals surface area contributed by atoms with Crippen molar-refractivity contribution in [1.82, 2.24) is 9.80 Å². The molecule has 2 aromatic rings. The van der Waals surface area contributed by atoms with Gasteiger partial charge in [0, 0.05) is 37.7 Å². The van der Waals surface area contributed by atoms with Gasteiger partial charge < -0.3 is 47.4 Å². The highest BCUT2D eigenvalue weighted by Crippen LogP contribution is 2.43. The van der Waals surface area contributed by atoms with Crippen molar-refractivity contribution < 1.29 is 56.8 Å². The van der Waals surface area contributed by atoms with Crippen molar-refractivity contribution in [3.05, 3.63) is 85.0 Å². The fraction of sp³-hybridized carbons (Fsp3) is 0.529. The lowest BCUT2D eigenvalue weighted by Gasteiger charge is -2.38. The molecule has 2 saturated heterocycles. The van der Waals surface area contributed by atoms with Gasteiger partial charge in [0.05, 0.1) is 62.6 Å². The van der Waals surface area contributed by atoms with Crippen molar-refractivity contribution in [2.45, 2.75) is 115 Å². The molecule has 0 radical (unpaired) electrons. The van der Waals surface area contributed by atoms with E-state index in [1.807, 2.05) is 13.1 Å². The summed E-state index contributed by atoms with van der Waals surface area (Å²) in [6.07, 6.45) is 4.20. The van der Waals surface area contributed by atoms with Crippen LogP contribution in [0.3, 0.4) is 0 Å². The minimum Gasteiger partial charge on any atom is -0.493 e. The Bertz CT molecular complexity index is 2080. The number of likely N-dealkylation sites (tertiary alicyclic amines) is 2. The number of hydrogen-bond acceptors (Lipinski definition) is 12. The maximum Gasteiger partial charge on any atom is 0.411 e. The summed E-state index contributed by atoms with van der Waals surface area (Å²) in [5, 5.41) is 5.10. The van der Waals surface area contributed by atoms with E-state index in [4.69, 9.17) is 32.8 Å². The van der Waals surface area contributed by atoms with E-state index in [0.29, 0.717) is 51.8 Å². The maximum atomic E-state index is 14.4. The zero-order chi connectivity index (χ0) is 51.5. The van der Waals surface area contributed by atoms with Crippen molar-refractivity contribution in [3.8, 4) is 23.0 Å². The SMILES string of the molecule is C=CCOC(=O)Nc1cc(OCCCOc2cc(NC(=O)OCC=C)c(C(=O)N3CC(=C)C[C@H]3CO[Si](C)(C)C(C)(C)C)cc2OC)c(OC)cc1C(=O)N1CC(=C)C[C@H]1CCC(C)(C)[Si](C)(C)O. The molecule has 3 N–H and O–H groups in total. The molecule has 2 fully saturated rings. The van der Waals surface area contributed by atoms with E-state index in [-0.39, 0.29) is 106 Å². The van der Waals surface area contributed by atoms with Gasteiger partial charge in [-0.1, -0.05) is 84.2 Å². The molecule has 0 aromatic heterocycles. The van der Waals surface area contributed by atoms with Crippen LogP contribution in [-0.4, -0.2) is 128 Å². The summed E-state index contributed by atoms with van der Waals surface area (Å²) in [4.78, 5) is 69.1. The number of amides is 4. The molecular weight excluding hydrogens is 917 g/mol. The van der Waals surface area contributed by atoms with Gasteiger partial charge in [0.1, 0.15) is 13.2 Å². The Hall–Kier alpha value is -5.57. The van der Waals surface area contributed by atoms with E-state index >= 15 is 0 Å². The van der Waals surface area contributed by atoms with Crippen LogP contribution in [0.15, 0.2) is 73.9 Å². The average molecular weight is 993 g/mol. The Morgan fingerprint density at radius 2 is 1.16 bits per heavy atom. The van der Waals surface area contributed by atoms with Crippen LogP contribution in [0.4, 0.5) is 21.0 Å². The highest BCUT2D eigenvalue weighted by Gasteiger charge is 2.42. The molecule has 69 heavy (non-hydrogen) atoms. The van der Waals surface area contributed by atoms with Gasteiger partial charge in [-0.2, -0.15) is 0 Å². The van der Waals surface area contributed by atoms with E-state index in [0.717, 1.165) is 11.1 Å². The van der Waals surface area contributed by atoms with Crippen LogP contribution in [0, 0.1) is 0 Å². The van der Waals surface area contributed by atoms with Gasteiger partial charge >= 0.3 is 12.2 Å². The van der Waals surface area contributed by atoms with Gasteiger partial charge in [-0.15, -0.1) is 0 Å². The van der Waals surface area contributed by atoms with Crippen molar-refractivity contribution in [3.63, 3.8) is 0 Å². The third kappa shape index (κ3) is 14.7. The number of methoxy groups -OCH3 is 2. The van der Waals surface area contributed by atoms with Crippen molar-refractivity contribution >= 4 is 52.0 Å². The lowest BCUT2D eigenvalue weighted by atomic mass is 9.99. The van der Waals surface area contributed by atoms with E-state index in [1.165, 1.54) is 50.6 Å². The fourth-order valence-electron chi connectivity index (χ4n) is 7.51. The number of hydrogen-bond donors (Lipinski definition) is 3. The molecule has 0 aliphatic carbocycles. The number of carbonyl (C=O) groups excluding carboxylic acids is 4. The van der Waals surface area contributed by atoms with Crippen molar-refractivity contribution in [2.24, 2.45) is 0 Å². The van der Waals surface area contributed by atoms with Crippen LogP contribution < -0.4 is 29.6 Å². The quantitative estimate of drug-likeness (QED) is 0.0545. The maximum absolute atomic E-state index is 14.4. The van der Waals surface area contributed by atoms with Crippen LogP contribution >= 0.6 is 0 Å². The van der Waals surface area contributed by atoms with E-state index in [2.05, 4.69) is 84.7 Å². The molecule has 380 valence electrons. The van der Waals surface area contributed by atoms with Gasteiger partial charge in [-0.05, 0) is 74.1 Å². The molecule has 0 saturated carbocycles. The van der Waals surface area contributed by atoms with Gasteiger partial charge in [0.25, 0.3) is 11.8 Å². The third-order valence-corrected chi connectivity index (χ3v) is 21.5. The predicted molar refractivity (Wildman–Crippen MR) is 275 cm³/mol. The normalized spacial score (nSPS) is 16.5. The average Bonchev–Trinajstić information content (AvgIpc) is 3.85. The molecule has 18 heteroatoms. The van der Waals surface area contributed by atoms with Crippen LogP contribution in [0.25, 0.3) is 0 Å². The van der Waals surface area contributed by atoms with Gasteiger partial charge in [0.15, 0.2) is 39.6 Å². The first kappa shape index (κ1) is 56.0. The van der Waals surface area contributed by atoms with E-state index in [9.17, 15) is 24.0 Å². The number of rotatable bonds is 23. The molecule has 2 atom stereocenters. The first-order chi connectivity index (χ1) is 32.3. The fourth-order valence-corrected chi connectivity index (χ4v) is 9.31. The number of nitrogens with zero attached hydrogens (tertiary/aromatic N) is 2. The van der Waals surface area contributed by atoms with Gasteiger partial charge in [0.2, 0.25) is 0 Å². The van der Waals surface area contributed by atoms with Crippen molar-refractivity contribution in [2.75, 3.05) is 71.0 Å². The molecule has 0 spiro atoms. The number of ether oxygens (including phenoxy) is 6. The Morgan fingerprint density at radius 3 is 1.57 bits per heavy atom. The lowest BCUT2D eigenvalue weighted by molar-refractivity contribution is 0.0685. The summed E-state index contributed by atoms with van der Waals surface area (Å²) in [6, 6.07) is 5.69. The molecule has 2 heterocycles. The zero-order valence-corrected chi connectivity index (χ0v) is 44.8. The molecule has 2 aliphatic rings. The van der Waals surface area contributed by atoms with Crippen LogP contribution in [0.2, 0.25) is 36.3 Å². The molecule has 4 rings (SSSR count). The summed E-state index contributed by atoms with van der Waals surface area (Å²) >= 11 is 0. The Kier molecular flexibility index (Phi) is 19.4. The minimum atomic E-state index is -2.49. The second-order valence-electron chi connectivity index (χ2n) is 20.3. The van der Waals surface area contributed by atoms with Crippen molar-refractivity contribution in [1.29, 1.82) is 0 Å². The first-order valence-corrected chi connectivity index (χ1v) is 29.2. The molecule has 0 unspecified atom stereocenters. The molecule has 0 bridgehead atoms. The van der Waals surface area contributed by atoms with E-state index in [1.54, 1.807) is 9.80 Å². The number of anilines is 2. The smallest absolute Gasteiger partial charge is 0.411 e. The lowest BCUT2D eigenvalue weighted by Crippen LogP contribution is -2.46. The Labute approximate surface area is 411 Å². The summed E-state index contributed by atoms with van der Waals surface area (Å²) < 4.78 is 40.8. The number of benzene rings is 2. The Balaban J connectivity index is 1.56. The monoisotopic (exact) mass is 992 g/mol. The van der Waals surface area contributed by atoms with Gasteiger partial charge in [-0.3, -0.25) is 20.2 Å². The van der Waals surface area contributed by atoms with Crippen LogP contribution in [0.1, 0.15) is 87.4 Å². The van der Waals surface area contributed by atoms with Gasteiger partial charge in [-0.25, -0.2) is 9.59 Å². The topological polar surface area (TPSA) is 184 Å². The molecule has 2 aliphatic heterocycles. The molecular formula is C51H76N4O12Si2. The predicted octanol–water partition coefficient (Wildman–Crippen LogP) is 10.3. The summed E-state index contributed by atoms with van der Waals surface area (Å²) in [7, 11) is -1.72. The highest BCUT2D eigenvalue weighted by molar-refractivity contribution is 6.74. The molecule has 2 aromatic carbocycles. The second-order valence-corrected chi connectivity index (χ2v) is 29.6. The molecule has 16 nitrogen and oxygen atoms in total. The zero-order valence-electron chi connectivity index (χ0n) is 42.8. The highest BCUT2D eigenvalue weighted by atomic mass is 28.4. The van der Waals surface area contributed by atoms with E-state index < -0.39 is 28.8 Å². The van der Waals surface area contributed by atoms with Crippen LogP contribution in [0.5, 0.6) is 23.0 Å². The summed E-state index contributed by atoms with van der Waals surface area (Å²) in [5.74, 6) is 0.316. The first-order valence-electron chi connectivity index (χ1n) is 23.4. The standard InChI is InChI=1S/C51H76N4O12Si2/c1-16-21-65-48(58)52-40-29-44(42(61-10)27-38(40)46(56)54-31-34(3)25-36(54)19-20-51(8,9)68(12,13)60)63-23-18-24-64-45-30-41(53-49(59)66-22-17-2)39(28-43(45)62-11)47(57)55-32-35(4)26-37(55)33-67-69(14,15)50(5,6)7/h16-17,27-30,36-37,60H,1-4,18-26,31-33H2,5-15H3,(H,52,58)(H,53,59)/t36-,37+/m1/s1. The third-order valence-electron chi connectivity index (χ3n) is 13.5. The minimum absolute atomic E-state index is 0.0207. The molecule has 4 amide bonds. The number of carbonyl (C=O) groups is 4. The largest absolute Gasteiger partial charge is 0.493 e. The summed E-state index contributed by atoms with van der Waals surface area (Å²) in [5.41, 5.74) is 2.44.